The third-order valence-electron chi connectivity index (χ3n) is 5.74. The summed E-state index contributed by atoms with van der Waals surface area (Å²) in [6.45, 7) is 8.23. The van der Waals surface area contributed by atoms with Gasteiger partial charge < -0.3 is 9.84 Å². The van der Waals surface area contributed by atoms with Crippen molar-refractivity contribution in [1.82, 2.24) is 0 Å². The number of rotatable bonds is 9. The minimum absolute atomic E-state index is 0.0223. The van der Waals surface area contributed by atoms with Gasteiger partial charge in [-0.25, -0.2) is 4.79 Å². The van der Waals surface area contributed by atoms with Gasteiger partial charge in [0.25, 0.3) is 0 Å². The third-order valence-corrected chi connectivity index (χ3v) is 5.74. The van der Waals surface area contributed by atoms with Crippen LogP contribution >= 0.6 is 0 Å². The average molecular weight is 359 g/mol. The molecule has 3 heteroatoms. The molecule has 0 unspecified atom stereocenters. The maximum absolute atomic E-state index is 11.7. The maximum Gasteiger partial charge on any atom is 0.333 e. The van der Waals surface area contributed by atoms with Crippen molar-refractivity contribution in [3.63, 3.8) is 0 Å². The van der Waals surface area contributed by atoms with E-state index in [9.17, 15) is 9.90 Å². The molecule has 1 saturated carbocycles. The Balaban J connectivity index is 1.97. The number of ether oxygens (including phenoxy) is 1. The first-order valence-electron chi connectivity index (χ1n) is 10.2. The van der Waals surface area contributed by atoms with E-state index >= 15 is 0 Å². The third kappa shape index (κ3) is 5.70. The molecule has 0 radical (unpaired) electrons. The summed E-state index contributed by atoms with van der Waals surface area (Å²) < 4.78 is 5.30. The number of aliphatic hydroxyl groups is 1. The van der Waals surface area contributed by atoms with Crippen molar-refractivity contribution in [2.45, 2.75) is 77.7 Å². The molecule has 1 aromatic carbocycles. The molecular weight excluding hydrogens is 324 g/mol. The molecule has 26 heavy (non-hydrogen) atoms. The van der Waals surface area contributed by atoms with Crippen molar-refractivity contribution in [3.8, 4) is 0 Å². The first-order valence-corrected chi connectivity index (χ1v) is 10.2. The number of benzene rings is 1. The fraction of sp³-hybridized carbons (Fsp3) is 0.609. The van der Waals surface area contributed by atoms with Gasteiger partial charge in [0.2, 0.25) is 0 Å². The van der Waals surface area contributed by atoms with Gasteiger partial charge >= 0.3 is 5.97 Å². The molecule has 144 valence electrons. The standard InChI is InChI=1S/C23H34O3/c1-4-6-18-7-9-19(10-8-18)20-11-12-22(16-24)21(15-20)13-14-26-23(25)17(3)5-2/h11-12,15,18-19,24H,3-10,13-14,16H2,1-2H3. The van der Waals surface area contributed by atoms with E-state index in [1.807, 2.05) is 13.0 Å². The van der Waals surface area contributed by atoms with Crippen LogP contribution in [0.3, 0.4) is 0 Å². The van der Waals surface area contributed by atoms with Gasteiger partial charge in [-0.1, -0.05) is 51.5 Å². The van der Waals surface area contributed by atoms with Gasteiger partial charge in [-0.2, -0.15) is 0 Å². The molecule has 0 atom stereocenters. The predicted molar refractivity (Wildman–Crippen MR) is 106 cm³/mol. The summed E-state index contributed by atoms with van der Waals surface area (Å²) in [5.41, 5.74) is 3.90. The van der Waals surface area contributed by atoms with Crippen LogP contribution in [0.15, 0.2) is 30.4 Å². The second kappa shape index (κ2) is 10.5. The summed E-state index contributed by atoms with van der Waals surface area (Å²) in [5, 5.41) is 9.63. The summed E-state index contributed by atoms with van der Waals surface area (Å²) >= 11 is 0. The van der Waals surface area contributed by atoms with Gasteiger partial charge in [0, 0.05) is 12.0 Å². The number of carbonyl (C=O) groups is 1. The minimum atomic E-state index is -0.316. The molecule has 0 aromatic heterocycles. The van der Waals surface area contributed by atoms with Crippen molar-refractivity contribution in [1.29, 1.82) is 0 Å². The molecule has 1 aromatic rings. The van der Waals surface area contributed by atoms with Crippen LogP contribution in [0, 0.1) is 5.92 Å². The fourth-order valence-electron chi connectivity index (χ4n) is 3.98. The van der Waals surface area contributed by atoms with Crippen molar-refractivity contribution >= 4 is 5.97 Å². The minimum Gasteiger partial charge on any atom is -0.462 e. The van der Waals surface area contributed by atoms with Gasteiger partial charge in [0.15, 0.2) is 0 Å². The van der Waals surface area contributed by atoms with Crippen LogP contribution in [0.4, 0.5) is 0 Å². The lowest BCUT2D eigenvalue weighted by Crippen LogP contribution is -2.14. The van der Waals surface area contributed by atoms with Crippen molar-refractivity contribution in [2.75, 3.05) is 6.61 Å². The van der Waals surface area contributed by atoms with Crippen molar-refractivity contribution < 1.29 is 14.6 Å². The molecule has 1 N–H and O–H groups in total. The first kappa shape index (κ1) is 20.7. The zero-order valence-corrected chi connectivity index (χ0v) is 16.4. The molecule has 0 saturated heterocycles. The Labute approximate surface area is 158 Å². The Kier molecular flexibility index (Phi) is 8.37. The zero-order chi connectivity index (χ0) is 18.9. The van der Waals surface area contributed by atoms with Crippen LogP contribution in [0.2, 0.25) is 0 Å². The number of hydrogen-bond donors (Lipinski definition) is 1. The second-order valence-electron chi connectivity index (χ2n) is 7.54. The van der Waals surface area contributed by atoms with Crippen molar-refractivity contribution in [3.05, 3.63) is 47.0 Å². The molecule has 0 bridgehead atoms. The highest BCUT2D eigenvalue weighted by atomic mass is 16.5. The summed E-state index contributed by atoms with van der Waals surface area (Å²) in [6, 6.07) is 6.43. The lowest BCUT2D eigenvalue weighted by atomic mass is 9.77. The number of carbonyl (C=O) groups excluding carboxylic acids is 1. The normalized spacial score (nSPS) is 20.0. The number of hydrogen-bond acceptors (Lipinski definition) is 3. The van der Waals surface area contributed by atoms with Crippen LogP contribution in [-0.4, -0.2) is 17.7 Å². The molecule has 0 amide bonds. The lowest BCUT2D eigenvalue weighted by Gasteiger charge is -2.29. The van der Waals surface area contributed by atoms with Gasteiger partial charge in [-0.3, -0.25) is 0 Å². The van der Waals surface area contributed by atoms with E-state index in [2.05, 4.69) is 25.6 Å². The molecule has 1 aliphatic rings. The van der Waals surface area contributed by atoms with E-state index in [-0.39, 0.29) is 12.6 Å². The van der Waals surface area contributed by atoms with E-state index in [1.165, 1.54) is 44.1 Å². The second-order valence-corrected chi connectivity index (χ2v) is 7.54. The topological polar surface area (TPSA) is 46.5 Å². The summed E-state index contributed by atoms with van der Waals surface area (Å²) in [6.07, 6.45) is 9.05. The molecule has 3 nitrogen and oxygen atoms in total. The SMILES string of the molecule is C=C(CC)C(=O)OCCc1cc(C2CCC(CCC)CC2)ccc1CO. The predicted octanol–water partition coefficient (Wildman–Crippen LogP) is 5.30. The van der Waals surface area contributed by atoms with E-state index in [4.69, 9.17) is 4.74 Å². The van der Waals surface area contributed by atoms with Crippen LogP contribution in [0.25, 0.3) is 0 Å². The lowest BCUT2D eigenvalue weighted by molar-refractivity contribution is -0.139. The smallest absolute Gasteiger partial charge is 0.333 e. The van der Waals surface area contributed by atoms with Gasteiger partial charge in [0.05, 0.1) is 13.2 Å². The highest BCUT2D eigenvalue weighted by molar-refractivity contribution is 5.87. The van der Waals surface area contributed by atoms with E-state index in [1.54, 1.807) is 0 Å². The maximum atomic E-state index is 11.7. The van der Waals surface area contributed by atoms with Crippen LogP contribution in [0.5, 0.6) is 0 Å². The van der Waals surface area contributed by atoms with Crippen molar-refractivity contribution in [2.24, 2.45) is 5.92 Å². The highest BCUT2D eigenvalue weighted by Crippen LogP contribution is 2.38. The largest absolute Gasteiger partial charge is 0.462 e. The van der Waals surface area contributed by atoms with Crippen LogP contribution in [-0.2, 0) is 22.6 Å². The molecule has 1 aliphatic carbocycles. The Morgan fingerprint density at radius 1 is 1.19 bits per heavy atom. The van der Waals surface area contributed by atoms with E-state index in [0.29, 0.717) is 30.9 Å². The molecule has 0 heterocycles. The van der Waals surface area contributed by atoms with Gasteiger partial charge in [-0.15, -0.1) is 0 Å². The Morgan fingerprint density at radius 3 is 2.54 bits per heavy atom. The van der Waals surface area contributed by atoms with Crippen LogP contribution in [0.1, 0.15) is 81.4 Å². The average Bonchev–Trinajstić information content (AvgIpc) is 2.68. The number of esters is 1. The fourth-order valence-corrected chi connectivity index (χ4v) is 3.98. The summed E-state index contributed by atoms with van der Waals surface area (Å²) in [4.78, 5) is 11.7. The number of aliphatic hydroxyl groups excluding tert-OH is 1. The summed E-state index contributed by atoms with van der Waals surface area (Å²) in [5.74, 6) is 1.21. The molecular formula is C23H34O3. The van der Waals surface area contributed by atoms with Crippen LogP contribution < -0.4 is 0 Å². The summed E-state index contributed by atoms with van der Waals surface area (Å²) in [7, 11) is 0. The Bertz CT molecular complexity index is 597. The highest BCUT2D eigenvalue weighted by Gasteiger charge is 2.22. The van der Waals surface area contributed by atoms with Gasteiger partial charge in [0.1, 0.15) is 0 Å². The van der Waals surface area contributed by atoms with E-state index < -0.39 is 0 Å². The quantitative estimate of drug-likeness (QED) is 0.481. The first-order chi connectivity index (χ1) is 12.6. The zero-order valence-electron chi connectivity index (χ0n) is 16.4. The molecule has 0 aliphatic heterocycles. The molecule has 2 rings (SSSR count). The monoisotopic (exact) mass is 358 g/mol. The van der Waals surface area contributed by atoms with Gasteiger partial charge in [-0.05, 0) is 60.6 Å². The van der Waals surface area contributed by atoms with E-state index in [0.717, 1.165) is 17.0 Å². The molecule has 0 spiro atoms. The molecule has 1 fully saturated rings. The Morgan fingerprint density at radius 2 is 1.92 bits per heavy atom. The Hall–Kier alpha value is -1.61.